The van der Waals surface area contributed by atoms with Crippen LogP contribution in [0.5, 0.6) is 0 Å². The molecule has 0 saturated carbocycles. The van der Waals surface area contributed by atoms with Crippen molar-refractivity contribution in [3.8, 4) is 22.5 Å². The van der Waals surface area contributed by atoms with Crippen LogP contribution in [-0.4, -0.2) is 10.1 Å². The fourth-order valence-electron chi connectivity index (χ4n) is 1.96. The average Bonchev–Trinajstić information content (AvgIpc) is 2.80. The van der Waals surface area contributed by atoms with E-state index in [1.54, 1.807) is 18.2 Å². The van der Waals surface area contributed by atoms with Crippen molar-refractivity contribution in [2.75, 3.05) is 5.73 Å². The first-order chi connectivity index (χ1) is 9.65. The van der Waals surface area contributed by atoms with E-state index in [0.29, 0.717) is 21.9 Å². The van der Waals surface area contributed by atoms with Crippen LogP contribution in [0.4, 0.5) is 10.2 Å². The molecule has 1 aromatic carbocycles. The fourth-order valence-corrected chi connectivity index (χ4v) is 2.15. The van der Waals surface area contributed by atoms with E-state index in [0.717, 1.165) is 11.8 Å². The van der Waals surface area contributed by atoms with Crippen molar-refractivity contribution >= 4 is 17.4 Å². The summed E-state index contributed by atoms with van der Waals surface area (Å²) in [6.45, 7) is 0. The quantitative estimate of drug-likeness (QED) is 0.780. The molecule has 0 bridgehead atoms. The van der Waals surface area contributed by atoms with E-state index in [4.69, 9.17) is 21.9 Å². The third kappa shape index (κ3) is 2.23. The van der Waals surface area contributed by atoms with Gasteiger partial charge < -0.3 is 10.3 Å². The lowest BCUT2D eigenvalue weighted by Crippen LogP contribution is -1.89. The lowest BCUT2D eigenvalue weighted by Gasteiger charge is -2.03. The van der Waals surface area contributed by atoms with Crippen molar-refractivity contribution in [3.05, 3.63) is 53.6 Å². The number of rotatable bonds is 2. The molecule has 0 aliphatic rings. The van der Waals surface area contributed by atoms with Crippen LogP contribution in [0.15, 0.2) is 47.2 Å². The number of nitrogens with zero attached hydrogens (tertiary/aromatic N) is 2. The molecule has 3 rings (SSSR count). The molecule has 2 N–H and O–H groups in total. The predicted octanol–water partition coefficient (Wildman–Crippen LogP) is 3.78. The Bertz CT molecular complexity index is 773. The van der Waals surface area contributed by atoms with Crippen LogP contribution in [0.25, 0.3) is 22.5 Å². The SMILES string of the molecule is Nc1noc(-c2cncc(F)c2)c1-c1cccc(Cl)c1. The van der Waals surface area contributed by atoms with Crippen LogP contribution in [0.2, 0.25) is 5.02 Å². The van der Waals surface area contributed by atoms with Crippen LogP contribution < -0.4 is 5.73 Å². The molecule has 0 aliphatic heterocycles. The Hall–Kier alpha value is -2.40. The van der Waals surface area contributed by atoms with Gasteiger partial charge in [-0.05, 0) is 23.8 Å². The summed E-state index contributed by atoms with van der Waals surface area (Å²) < 4.78 is 18.5. The number of halogens is 2. The second-order valence-corrected chi connectivity index (χ2v) is 4.61. The van der Waals surface area contributed by atoms with Crippen molar-refractivity contribution in [2.45, 2.75) is 0 Å². The number of aromatic nitrogens is 2. The predicted molar refractivity (Wildman–Crippen MR) is 74.6 cm³/mol. The zero-order valence-electron chi connectivity index (χ0n) is 10.2. The second-order valence-electron chi connectivity index (χ2n) is 4.17. The summed E-state index contributed by atoms with van der Waals surface area (Å²) in [5, 5.41) is 4.30. The van der Waals surface area contributed by atoms with Crippen LogP contribution in [-0.2, 0) is 0 Å². The van der Waals surface area contributed by atoms with Crippen molar-refractivity contribution in [2.24, 2.45) is 0 Å². The maximum absolute atomic E-state index is 13.3. The fraction of sp³-hybridized carbons (Fsp3) is 0. The van der Waals surface area contributed by atoms with Gasteiger partial charge in [0.15, 0.2) is 11.6 Å². The normalized spacial score (nSPS) is 10.7. The molecule has 3 aromatic rings. The smallest absolute Gasteiger partial charge is 0.178 e. The van der Waals surface area contributed by atoms with E-state index in [1.807, 2.05) is 6.07 Å². The van der Waals surface area contributed by atoms with Gasteiger partial charge in [0.2, 0.25) is 0 Å². The van der Waals surface area contributed by atoms with Gasteiger partial charge in [0.25, 0.3) is 0 Å². The van der Waals surface area contributed by atoms with E-state index in [2.05, 4.69) is 10.1 Å². The molecule has 6 heteroatoms. The van der Waals surface area contributed by atoms with Gasteiger partial charge in [0.1, 0.15) is 5.82 Å². The monoisotopic (exact) mass is 289 g/mol. The van der Waals surface area contributed by atoms with Gasteiger partial charge in [0, 0.05) is 16.8 Å². The molecule has 0 atom stereocenters. The molecular formula is C14H9ClFN3O. The van der Waals surface area contributed by atoms with Crippen LogP contribution in [0, 0.1) is 5.82 Å². The average molecular weight is 290 g/mol. The van der Waals surface area contributed by atoms with Gasteiger partial charge in [-0.15, -0.1) is 0 Å². The highest BCUT2D eigenvalue weighted by atomic mass is 35.5. The summed E-state index contributed by atoms with van der Waals surface area (Å²) in [6.07, 6.45) is 2.60. The highest BCUT2D eigenvalue weighted by Crippen LogP contribution is 2.37. The van der Waals surface area contributed by atoms with Crippen molar-refractivity contribution in [3.63, 3.8) is 0 Å². The molecule has 0 spiro atoms. The summed E-state index contributed by atoms with van der Waals surface area (Å²) in [7, 11) is 0. The standard InChI is InChI=1S/C14H9ClFN3O/c15-10-3-1-2-8(4-10)12-13(20-19-14(12)17)9-5-11(16)7-18-6-9/h1-7H,(H2,17,19). The Kier molecular flexibility index (Phi) is 3.12. The number of hydrogen-bond donors (Lipinski definition) is 1. The lowest BCUT2D eigenvalue weighted by molar-refractivity contribution is 0.435. The first-order valence-corrected chi connectivity index (χ1v) is 6.15. The Balaban J connectivity index is 2.20. The summed E-state index contributed by atoms with van der Waals surface area (Å²) >= 11 is 5.97. The lowest BCUT2D eigenvalue weighted by atomic mass is 10.0. The Morgan fingerprint density at radius 1 is 1.15 bits per heavy atom. The second kappa shape index (κ2) is 4.94. The number of nitrogen functional groups attached to an aromatic ring is 1. The van der Waals surface area contributed by atoms with Crippen molar-refractivity contribution in [1.82, 2.24) is 10.1 Å². The van der Waals surface area contributed by atoms with E-state index < -0.39 is 5.82 Å². The largest absolute Gasteiger partial charge is 0.380 e. The first kappa shape index (κ1) is 12.6. The summed E-state index contributed by atoms with van der Waals surface area (Å²) in [5.74, 6) is 0.109. The van der Waals surface area contributed by atoms with Gasteiger partial charge in [-0.1, -0.05) is 28.9 Å². The molecule has 2 aromatic heterocycles. The van der Waals surface area contributed by atoms with Crippen LogP contribution >= 0.6 is 11.6 Å². The molecule has 0 saturated heterocycles. The molecule has 100 valence electrons. The molecule has 0 fully saturated rings. The topological polar surface area (TPSA) is 64.9 Å². The number of benzene rings is 1. The minimum Gasteiger partial charge on any atom is -0.380 e. The number of nitrogens with two attached hydrogens (primary N) is 1. The summed E-state index contributed by atoms with van der Waals surface area (Å²) in [4.78, 5) is 3.79. The van der Waals surface area contributed by atoms with Crippen LogP contribution in [0.3, 0.4) is 0 Å². The highest BCUT2D eigenvalue weighted by Gasteiger charge is 2.18. The van der Waals surface area contributed by atoms with Gasteiger partial charge in [-0.2, -0.15) is 0 Å². The molecule has 20 heavy (non-hydrogen) atoms. The Labute approximate surface area is 119 Å². The third-order valence-electron chi connectivity index (χ3n) is 2.80. The molecule has 2 heterocycles. The van der Waals surface area contributed by atoms with E-state index >= 15 is 0 Å². The van der Waals surface area contributed by atoms with E-state index in [-0.39, 0.29) is 5.82 Å². The molecule has 0 amide bonds. The van der Waals surface area contributed by atoms with Gasteiger partial charge in [-0.25, -0.2) is 4.39 Å². The first-order valence-electron chi connectivity index (χ1n) is 5.77. The minimum absolute atomic E-state index is 0.214. The Morgan fingerprint density at radius 3 is 2.75 bits per heavy atom. The van der Waals surface area contributed by atoms with Crippen LogP contribution in [0.1, 0.15) is 0 Å². The minimum atomic E-state index is -0.463. The Morgan fingerprint density at radius 2 is 2.00 bits per heavy atom. The zero-order valence-corrected chi connectivity index (χ0v) is 10.9. The zero-order chi connectivity index (χ0) is 14.1. The summed E-state index contributed by atoms with van der Waals surface area (Å²) in [5.41, 5.74) is 7.61. The van der Waals surface area contributed by atoms with Gasteiger partial charge in [-0.3, -0.25) is 4.98 Å². The number of pyridine rings is 1. The van der Waals surface area contributed by atoms with Gasteiger partial charge in [0.05, 0.1) is 11.8 Å². The molecule has 0 radical (unpaired) electrons. The highest BCUT2D eigenvalue weighted by molar-refractivity contribution is 6.30. The maximum atomic E-state index is 13.3. The van der Waals surface area contributed by atoms with Gasteiger partial charge >= 0.3 is 0 Å². The molecular weight excluding hydrogens is 281 g/mol. The van der Waals surface area contributed by atoms with Crippen molar-refractivity contribution in [1.29, 1.82) is 0 Å². The molecule has 0 unspecified atom stereocenters. The van der Waals surface area contributed by atoms with E-state index in [9.17, 15) is 4.39 Å². The van der Waals surface area contributed by atoms with E-state index in [1.165, 1.54) is 12.3 Å². The summed E-state index contributed by atoms with van der Waals surface area (Å²) in [6, 6.07) is 8.41. The number of hydrogen-bond acceptors (Lipinski definition) is 4. The number of anilines is 1. The molecule has 0 aliphatic carbocycles. The third-order valence-corrected chi connectivity index (χ3v) is 3.03. The molecule has 4 nitrogen and oxygen atoms in total. The maximum Gasteiger partial charge on any atom is 0.178 e. The van der Waals surface area contributed by atoms with Crippen molar-refractivity contribution < 1.29 is 8.91 Å².